The maximum absolute atomic E-state index is 12.6. The lowest BCUT2D eigenvalue weighted by Gasteiger charge is -2.26. The lowest BCUT2D eigenvalue weighted by Crippen LogP contribution is -2.18. The molecule has 0 radical (unpaired) electrons. The molecule has 3 aromatic rings. The van der Waals surface area contributed by atoms with Crippen molar-refractivity contribution in [2.45, 2.75) is 9.79 Å². The molecule has 0 bridgehead atoms. The smallest absolute Gasteiger partial charge is 0.322 e. The summed E-state index contributed by atoms with van der Waals surface area (Å²) in [5.41, 5.74) is 4.96. The summed E-state index contributed by atoms with van der Waals surface area (Å²) in [6.45, 7) is 0. The minimum atomic E-state index is -5.05. The number of nitrogen functional groups attached to an aromatic ring is 1. The van der Waals surface area contributed by atoms with E-state index in [4.69, 9.17) is 54.4 Å². The van der Waals surface area contributed by atoms with Crippen LogP contribution in [0.5, 0.6) is 17.5 Å². The van der Waals surface area contributed by atoms with Crippen molar-refractivity contribution in [1.29, 1.82) is 0 Å². The quantitative estimate of drug-likeness (QED) is 0.115. The molecular formula is C22H12Cl3N7O9S2. The van der Waals surface area contributed by atoms with Gasteiger partial charge in [-0.1, -0.05) is 23.2 Å². The third-order valence-corrected chi connectivity index (χ3v) is 8.60. The summed E-state index contributed by atoms with van der Waals surface area (Å²) in [7, 11) is -8.63. The van der Waals surface area contributed by atoms with Gasteiger partial charge in [-0.2, -0.15) is 31.8 Å². The van der Waals surface area contributed by atoms with E-state index in [0.29, 0.717) is 0 Å². The topological polar surface area (TPSA) is 242 Å². The molecule has 0 fully saturated rings. The van der Waals surface area contributed by atoms with Crippen molar-refractivity contribution in [3.05, 3.63) is 45.0 Å². The Kier molecular flexibility index (Phi) is 6.77. The average molecular weight is 689 g/mol. The molecule has 21 heteroatoms. The van der Waals surface area contributed by atoms with E-state index < -0.39 is 35.8 Å². The summed E-state index contributed by atoms with van der Waals surface area (Å²) in [5, 5.41) is 1.71. The number of nitrogens with one attached hydrogen (secondary N) is 1. The third kappa shape index (κ3) is 4.91. The molecule has 0 saturated carbocycles. The first kappa shape index (κ1) is 29.1. The Morgan fingerprint density at radius 2 is 1.65 bits per heavy atom. The van der Waals surface area contributed by atoms with Crippen molar-refractivity contribution < 1.29 is 39.8 Å². The minimum absolute atomic E-state index is 0.0243. The first-order chi connectivity index (χ1) is 20.2. The van der Waals surface area contributed by atoms with Crippen LogP contribution in [0.25, 0.3) is 22.6 Å². The van der Waals surface area contributed by atoms with Crippen LogP contribution >= 0.6 is 34.8 Å². The number of nitrogens with zero attached hydrogens (tertiary/aromatic N) is 5. The van der Waals surface area contributed by atoms with Gasteiger partial charge in [-0.15, -0.1) is 0 Å². The Hall–Kier alpha value is -4.04. The van der Waals surface area contributed by atoms with E-state index in [1.807, 2.05) is 0 Å². The zero-order chi connectivity index (χ0) is 31.0. The first-order valence-corrected chi connectivity index (χ1v) is 15.3. The van der Waals surface area contributed by atoms with Gasteiger partial charge in [0.15, 0.2) is 32.6 Å². The summed E-state index contributed by atoms with van der Waals surface area (Å²) in [5.74, 6) is -1.39. The highest BCUT2D eigenvalue weighted by Gasteiger charge is 2.34. The van der Waals surface area contributed by atoms with Crippen LogP contribution in [-0.4, -0.2) is 53.0 Å². The number of fused-ring (bicyclic) bond motifs is 4. The van der Waals surface area contributed by atoms with Crippen LogP contribution in [0, 0.1) is 0 Å². The molecule has 0 spiro atoms. The Bertz CT molecular complexity index is 2300. The van der Waals surface area contributed by atoms with Crippen LogP contribution in [0.4, 0.5) is 23.0 Å². The van der Waals surface area contributed by atoms with Gasteiger partial charge in [-0.05, 0) is 35.9 Å². The van der Waals surface area contributed by atoms with Crippen molar-refractivity contribution in [2.75, 3.05) is 18.2 Å². The fourth-order valence-corrected chi connectivity index (χ4v) is 6.35. The fourth-order valence-electron chi connectivity index (χ4n) is 4.17. The number of methoxy groups -OCH3 is 1. The van der Waals surface area contributed by atoms with Crippen molar-refractivity contribution in [3.63, 3.8) is 0 Å². The molecule has 2 aliphatic heterocycles. The third-order valence-electron chi connectivity index (χ3n) is 5.88. The molecule has 0 unspecified atom stereocenters. The van der Waals surface area contributed by atoms with Gasteiger partial charge >= 0.3 is 16.1 Å². The number of halogens is 3. The van der Waals surface area contributed by atoms with Crippen LogP contribution in [0.2, 0.25) is 15.3 Å². The van der Waals surface area contributed by atoms with E-state index in [1.54, 1.807) is 0 Å². The predicted molar refractivity (Wildman–Crippen MR) is 151 cm³/mol. The summed E-state index contributed by atoms with van der Waals surface area (Å²) in [6.07, 6.45) is 0. The van der Waals surface area contributed by atoms with Crippen molar-refractivity contribution in [3.8, 4) is 29.0 Å². The lowest BCUT2D eigenvalue weighted by molar-refractivity contribution is 0.378. The molecule has 1 aliphatic carbocycles. The molecule has 3 heterocycles. The van der Waals surface area contributed by atoms with E-state index >= 15 is 0 Å². The van der Waals surface area contributed by atoms with Gasteiger partial charge in [-0.25, -0.2) is 9.98 Å². The number of hydrogen-bond donors (Lipinski definition) is 4. The van der Waals surface area contributed by atoms with Crippen LogP contribution in [0.1, 0.15) is 0 Å². The highest BCUT2D eigenvalue weighted by atomic mass is 35.5. The summed E-state index contributed by atoms with van der Waals surface area (Å²) in [6, 6.07) is 4.82. The zero-order valence-corrected chi connectivity index (χ0v) is 24.7. The van der Waals surface area contributed by atoms with E-state index in [9.17, 15) is 25.9 Å². The van der Waals surface area contributed by atoms with Crippen LogP contribution in [0.15, 0.2) is 43.5 Å². The summed E-state index contributed by atoms with van der Waals surface area (Å²) < 4.78 is 85.7. The van der Waals surface area contributed by atoms with E-state index in [2.05, 4.69) is 30.2 Å². The van der Waals surface area contributed by atoms with Gasteiger partial charge in [0.05, 0.1) is 23.8 Å². The molecule has 0 saturated heterocycles. The second-order valence-corrected chi connectivity index (χ2v) is 12.3. The van der Waals surface area contributed by atoms with Crippen LogP contribution < -0.4 is 25.9 Å². The maximum Gasteiger partial charge on any atom is 0.322 e. The molecule has 43 heavy (non-hydrogen) atoms. The molecule has 222 valence electrons. The van der Waals surface area contributed by atoms with Gasteiger partial charge in [0.25, 0.3) is 16.1 Å². The van der Waals surface area contributed by atoms with Crippen molar-refractivity contribution >= 4 is 89.1 Å². The summed E-state index contributed by atoms with van der Waals surface area (Å²) >= 11 is 19.1. The fraction of sp³-hybridized carbons (Fsp3) is 0.0455. The first-order valence-electron chi connectivity index (χ1n) is 11.3. The Morgan fingerprint density at radius 3 is 2.33 bits per heavy atom. The largest absolute Gasteiger partial charge is 0.467 e. The Balaban J connectivity index is 1.63. The van der Waals surface area contributed by atoms with Crippen LogP contribution in [-0.2, 0) is 20.2 Å². The lowest BCUT2D eigenvalue weighted by atomic mass is 10.1. The van der Waals surface area contributed by atoms with Gasteiger partial charge in [0, 0.05) is 0 Å². The van der Waals surface area contributed by atoms with Gasteiger partial charge in [0.1, 0.15) is 26.9 Å². The molecule has 3 aliphatic rings. The second-order valence-electron chi connectivity index (χ2n) is 8.53. The number of hydrogen-bond acceptors (Lipinski definition) is 14. The van der Waals surface area contributed by atoms with Crippen LogP contribution in [0.3, 0.4) is 0 Å². The molecule has 5 N–H and O–H groups in total. The molecule has 2 aromatic carbocycles. The SMILES string of the molecule is COc1nc(Cl)nc(/N=c2\ccc3nc4c(Cl)c5c(c(Cl)c4oc-3c2S(=O)(=O)O)Nc2ccc(N)c(S(=O)(=O)O)c2O5)n1. The average Bonchev–Trinajstić information content (AvgIpc) is 2.92. The Morgan fingerprint density at radius 1 is 0.930 bits per heavy atom. The maximum atomic E-state index is 12.6. The molecule has 16 nitrogen and oxygen atoms in total. The number of aromatic nitrogens is 4. The predicted octanol–water partition coefficient (Wildman–Crippen LogP) is 4.24. The normalized spacial score (nSPS) is 13.4. The standard InChI is InChI=1S/C22H12Cl3N7O9S2/c1-39-22-31-20(25)30-21(32-22)29-9-5-4-8-15(19(9)43(36,37)38)41-17-11(24)12-16(10(23)13(17)28-8)40-14-7(27-12)3-2-6(26)18(14)42(33,34)35/h2-5,27H,26H2,1H3,(H,33,34,35)(H,36,37,38)/b29-9+. The number of anilines is 3. The number of nitrogens with two attached hydrogens (primary N) is 1. The van der Waals surface area contributed by atoms with Crippen molar-refractivity contribution in [2.24, 2.45) is 4.99 Å². The minimum Gasteiger partial charge on any atom is -0.467 e. The molecule has 0 amide bonds. The van der Waals surface area contributed by atoms with E-state index in [-0.39, 0.29) is 78.0 Å². The van der Waals surface area contributed by atoms with Crippen molar-refractivity contribution in [1.82, 2.24) is 19.9 Å². The highest BCUT2D eigenvalue weighted by molar-refractivity contribution is 7.86. The van der Waals surface area contributed by atoms with E-state index in [0.717, 1.165) is 0 Å². The monoisotopic (exact) mass is 687 g/mol. The molecule has 6 rings (SSSR count). The van der Waals surface area contributed by atoms with Gasteiger partial charge in [0.2, 0.25) is 5.28 Å². The summed E-state index contributed by atoms with van der Waals surface area (Å²) in [4.78, 5) is 18.3. The number of benzene rings is 3. The zero-order valence-electron chi connectivity index (χ0n) is 20.8. The highest BCUT2D eigenvalue weighted by Crippen LogP contribution is 2.55. The molecular weight excluding hydrogens is 677 g/mol. The number of rotatable bonds is 4. The molecule has 1 aromatic heterocycles. The van der Waals surface area contributed by atoms with E-state index in [1.165, 1.54) is 31.4 Å². The Labute approximate surface area is 254 Å². The molecule has 0 atom stereocenters. The van der Waals surface area contributed by atoms with Gasteiger partial charge in [-0.3, -0.25) is 9.11 Å². The van der Waals surface area contributed by atoms with Gasteiger partial charge < -0.3 is 24.9 Å². The second kappa shape index (κ2) is 10.0. The number of ether oxygens (including phenoxy) is 2.